The Bertz CT molecular complexity index is 499. The van der Waals surface area contributed by atoms with Crippen molar-refractivity contribution in [2.24, 2.45) is 5.10 Å². The number of Topliss-reactive ketones (excluding diaryl/α,β-unsaturated/α-hetero) is 1. The normalized spacial score (nSPS) is 15.7. The fourth-order valence-electron chi connectivity index (χ4n) is 1.73. The van der Waals surface area contributed by atoms with E-state index in [1.807, 2.05) is 6.92 Å². The summed E-state index contributed by atoms with van der Waals surface area (Å²) in [5.41, 5.74) is 0.501. The summed E-state index contributed by atoms with van der Waals surface area (Å²) in [5, 5.41) is 8.96. The van der Waals surface area contributed by atoms with Gasteiger partial charge < -0.3 is 0 Å². The number of hydrogen-bond acceptors (Lipinski definition) is 3. The zero-order valence-electron chi connectivity index (χ0n) is 9.71. The van der Waals surface area contributed by atoms with Gasteiger partial charge in [-0.25, -0.2) is 9.80 Å². The number of hydrazone groups is 1. The van der Waals surface area contributed by atoms with E-state index < -0.39 is 12.1 Å². The third kappa shape index (κ3) is 2.36. The molecule has 0 aliphatic carbocycles. The fourth-order valence-corrected chi connectivity index (χ4v) is 1.86. The van der Waals surface area contributed by atoms with Crippen LogP contribution in [0.4, 0.5) is 4.79 Å². The number of ketones is 1. The zero-order chi connectivity index (χ0) is 13.1. The van der Waals surface area contributed by atoms with Gasteiger partial charge in [-0.15, -0.1) is 0 Å². The molecule has 1 atom stereocenters. The van der Waals surface area contributed by atoms with Crippen LogP contribution in [0.3, 0.4) is 0 Å². The van der Waals surface area contributed by atoms with Crippen LogP contribution < -0.4 is 5.32 Å². The van der Waals surface area contributed by atoms with Crippen molar-refractivity contribution < 1.29 is 9.59 Å². The molecule has 6 heteroatoms. The first-order valence-corrected chi connectivity index (χ1v) is 5.87. The maximum Gasteiger partial charge on any atom is 0.366 e. The van der Waals surface area contributed by atoms with Crippen LogP contribution in [-0.4, -0.2) is 29.2 Å². The second-order valence-corrected chi connectivity index (χ2v) is 4.22. The molecule has 0 N–H and O–H groups in total. The van der Waals surface area contributed by atoms with E-state index in [-0.39, 0.29) is 5.78 Å². The summed E-state index contributed by atoms with van der Waals surface area (Å²) in [6.45, 7) is 1.82. The van der Waals surface area contributed by atoms with Crippen molar-refractivity contribution in [3.8, 4) is 0 Å². The van der Waals surface area contributed by atoms with E-state index in [1.54, 1.807) is 24.3 Å². The first-order chi connectivity index (χ1) is 8.63. The highest BCUT2D eigenvalue weighted by atomic mass is 35.5. The van der Waals surface area contributed by atoms with Crippen molar-refractivity contribution in [3.05, 3.63) is 34.9 Å². The van der Waals surface area contributed by atoms with Crippen LogP contribution in [0, 0.1) is 0 Å². The van der Waals surface area contributed by atoms with Crippen LogP contribution in [0.1, 0.15) is 23.7 Å². The smallest absolute Gasteiger partial charge is 0.292 e. The predicted octanol–water partition coefficient (Wildman–Crippen LogP) is 2.28. The Kier molecular flexibility index (Phi) is 3.62. The summed E-state index contributed by atoms with van der Waals surface area (Å²) in [5.74, 6) is -0.170. The highest BCUT2D eigenvalue weighted by Gasteiger charge is 2.32. The molecule has 2 rings (SSSR count). The summed E-state index contributed by atoms with van der Waals surface area (Å²) >= 11 is 5.77. The Morgan fingerprint density at radius 3 is 2.56 bits per heavy atom. The number of hydrogen-bond donors (Lipinski definition) is 0. The molecule has 1 heterocycles. The highest BCUT2D eigenvalue weighted by molar-refractivity contribution is 6.30. The number of rotatable bonds is 4. The van der Waals surface area contributed by atoms with Crippen LogP contribution in [0.2, 0.25) is 5.02 Å². The molecule has 93 valence electrons. The summed E-state index contributed by atoms with van der Waals surface area (Å²) in [6, 6.07) is 5.41. The Morgan fingerprint density at radius 2 is 2.06 bits per heavy atom. The molecule has 1 aliphatic rings. The first kappa shape index (κ1) is 12.6. The molecule has 1 unspecified atom stereocenters. The van der Waals surface area contributed by atoms with Crippen LogP contribution in [0.5, 0.6) is 0 Å². The number of carbonyl (C=O) groups excluding carboxylic acids is 2. The van der Waals surface area contributed by atoms with Crippen LogP contribution >= 0.6 is 11.6 Å². The highest BCUT2D eigenvalue weighted by Crippen LogP contribution is 2.17. The minimum atomic E-state index is -0.624. The molecular weight excluding hydrogens is 254 g/mol. The minimum Gasteiger partial charge on any atom is -0.292 e. The summed E-state index contributed by atoms with van der Waals surface area (Å²) in [7, 11) is 0. The molecule has 0 aromatic heterocycles. The molecule has 1 aromatic rings. The number of carbonyl (C=O) groups is 2. The van der Waals surface area contributed by atoms with E-state index in [0.29, 0.717) is 17.0 Å². The first-order valence-electron chi connectivity index (χ1n) is 5.49. The third-order valence-corrected chi connectivity index (χ3v) is 2.91. The minimum absolute atomic E-state index is 0.170. The fraction of sp³-hybridized carbons (Fsp3) is 0.250. The van der Waals surface area contributed by atoms with Crippen molar-refractivity contribution in [3.63, 3.8) is 0 Å². The Hall–Kier alpha value is -1.88. The summed E-state index contributed by atoms with van der Waals surface area (Å²) in [4.78, 5) is 23.7. The average molecular weight is 265 g/mol. The van der Waals surface area contributed by atoms with Gasteiger partial charge in [-0.05, 0) is 30.7 Å². The second-order valence-electron chi connectivity index (χ2n) is 3.78. The van der Waals surface area contributed by atoms with Gasteiger partial charge in [0.05, 0.1) is 0 Å². The van der Waals surface area contributed by atoms with Gasteiger partial charge in [0.15, 0.2) is 5.78 Å². The predicted molar refractivity (Wildman–Crippen MR) is 67.7 cm³/mol. The Morgan fingerprint density at radius 1 is 1.39 bits per heavy atom. The molecule has 0 fully saturated rings. The molecule has 18 heavy (non-hydrogen) atoms. The van der Waals surface area contributed by atoms with Gasteiger partial charge in [0.1, 0.15) is 12.4 Å². The van der Waals surface area contributed by atoms with E-state index in [4.69, 9.17) is 11.6 Å². The number of benzene rings is 1. The molecule has 0 saturated carbocycles. The monoisotopic (exact) mass is 264 g/mol. The van der Waals surface area contributed by atoms with E-state index >= 15 is 0 Å². The van der Waals surface area contributed by atoms with E-state index in [1.165, 1.54) is 0 Å². The summed E-state index contributed by atoms with van der Waals surface area (Å²) in [6.07, 6.45) is 1.63. The standard InChI is InChI=1S/C12H11ClN3O2/c1-2-10(16-12(18)14-7-15-16)11(17)8-3-5-9(13)6-4-8/h3-7,10H,2H2,1H3. The van der Waals surface area contributed by atoms with Gasteiger partial charge in [-0.1, -0.05) is 18.5 Å². The van der Waals surface area contributed by atoms with E-state index in [2.05, 4.69) is 10.4 Å². The number of halogens is 1. The summed E-state index contributed by atoms with van der Waals surface area (Å²) < 4.78 is 0. The van der Waals surface area contributed by atoms with Crippen molar-refractivity contribution >= 4 is 29.8 Å². The largest absolute Gasteiger partial charge is 0.366 e. The van der Waals surface area contributed by atoms with Gasteiger partial charge in [0.2, 0.25) is 0 Å². The van der Waals surface area contributed by atoms with E-state index in [9.17, 15) is 9.59 Å². The topological polar surface area (TPSA) is 63.8 Å². The molecule has 1 radical (unpaired) electrons. The van der Waals surface area contributed by atoms with Gasteiger partial charge in [0, 0.05) is 10.6 Å². The molecule has 5 nitrogen and oxygen atoms in total. The molecule has 2 amide bonds. The van der Waals surface area contributed by atoms with E-state index in [0.717, 1.165) is 11.3 Å². The molecular formula is C12H11ClN3O2. The number of amides is 2. The number of nitrogens with zero attached hydrogens (tertiary/aromatic N) is 3. The quantitative estimate of drug-likeness (QED) is 0.783. The van der Waals surface area contributed by atoms with Gasteiger partial charge in [-0.3, -0.25) is 4.79 Å². The van der Waals surface area contributed by atoms with Crippen molar-refractivity contribution in [2.45, 2.75) is 19.4 Å². The second kappa shape index (κ2) is 5.18. The van der Waals surface area contributed by atoms with Gasteiger partial charge in [-0.2, -0.15) is 10.4 Å². The Balaban J connectivity index is 2.22. The lowest BCUT2D eigenvalue weighted by Gasteiger charge is -2.20. The third-order valence-electron chi connectivity index (χ3n) is 2.65. The van der Waals surface area contributed by atoms with Crippen LogP contribution in [0.25, 0.3) is 0 Å². The SMILES string of the molecule is CCC(C(=O)c1ccc(Cl)cc1)N1N=C[N]C1=O. The van der Waals surface area contributed by atoms with Gasteiger partial charge >= 0.3 is 6.03 Å². The van der Waals surface area contributed by atoms with Crippen molar-refractivity contribution in [1.82, 2.24) is 10.3 Å². The lowest BCUT2D eigenvalue weighted by molar-refractivity contribution is 0.0858. The van der Waals surface area contributed by atoms with Crippen molar-refractivity contribution in [2.75, 3.05) is 0 Å². The Labute approximate surface area is 109 Å². The van der Waals surface area contributed by atoms with Crippen LogP contribution in [-0.2, 0) is 0 Å². The lowest BCUT2D eigenvalue weighted by Crippen LogP contribution is -2.40. The van der Waals surface area contributed by atoms with Crippen molar-refractivity contribution in [1.29, 1.82) is 0 Å². The maximum absolute atomic E-state index is 12.3. The van der Waals surface area contributed by atoms with Crippen LogP contribution in [0.15, 0.2) is 29.4 Å². The van der Waals surface area contributed by atoms with Gasteiger partial charge in [0.25, 0.3) is 0 Å². The zero-order valence-corrected chi connectivity index (χ0v) is 10.5. The maximum atomic E-state index is 12.3. The lowest BCUT2D eigenvalue weighted by atomic mass is 10.0. The molecule has 0 bridgehead atoms. The molecule has 1 aliphatic heterocycles. The average Bonchev–Trinajstić information content (AvgIpc) is 2.78. The molecule has 1 aromatic carbocycles. The molecule has 0 saturated heterocycles. The number of urea groups is 1. The molecule has 0 spiro atoms.